The Morgan fingerprint density at radius 3 is 2.36 bits per heavy atom. The Kier molecular flexibility index (Phi) is 4.28. The van der Waals surface area contributed by atoms with Crippen LogP contribution in [-0.2, 0) is 4.74 Å². The normalized spacial score (nSPS) is 32.1. The fourth-order valence-electron chi connectivity index (χ4n) is 2.54. The third-order valence-electron chi connectivity index (χ3n) is 3.82. The number of fused-ring (bicyclic) bond motifs is 1. The van der Waals surface area contributed by atoms with E-state index in [-0.39, 0.29) is 0 Å². The van der Waals surface area contributed by atoms with Gasteiger partial charge in [0.15, 0.2) is 0 Å². The van der Waals surface area contributed by atoms with E-state index in [4.69, 9.17) is 14.6 Å². The maximum absolute atomic E-state index is 9.95. The molecule has 4 N–H and O–H groups in total. The van der Waals surface area contributed by atoms with Gasteiger partial charge in [-0.3, -0.25) is 0 Å². The average Bonchev–Trinajstić information content (AvgIpc) is 2.55. The minimum atomic E-state index is -1.45. The lowest BCUT2D eigenvalue weighted by atomic mass is 9.99. The fraction of sp³-hybridized carbons (Fsp3) is 0.375. The molecule has 0 unspecified atom stereocenters. The Morgan fingerprint density at radius 1 is 0.909 bits per heavy atom. The highest BCUT2D eigenvalue weighted by Gasteiger charge is 2.44. The van der Waals surface area contributed by atoms with Crippen LogP contribution in [0.25, 0.3) is 10.8 Å². The second kappa shape index (κ2) is 6.20. The summed E-state index contributed by atoms with van der Waals surface area (Å²) in [6.07, 6.45) is -6.40. The van der Waals surface area contributed by atoms with E-state index >= 15 is 0 Å². The Labute approximate surface area is 127 Å². The van der Waals surface area contributed by atoms with Crippen molar-refractivity contribution in [3.8, 4) is 5.75 Å². The SMILES string of the molecule is OC[C@@H]1O[C@H](Oc2ccc3ccccc3c2)[C@H](O)[C@@H](O)[C@@H]1O. The summed E-state index contributed by atoms with van der Waals surface area (Å²) < 4.78 is 10.9. The first-order valence-electron chi connectivity index (χ1n) is 7.06. The third-order valence-corrected chi connectivity index (χ3v) is 3.82. The zero-order valence-electron chi connectivity index (χ0n) is 11.7. The molecule has 6 nitrogen and oxygen atoms in total. The molecular formula is C16H18O6. The van der Waals surface area contributed by atoms with Crippen molar-refractivity contribution in [2.75, 3.05) is 6.61 Å². The number of hydrogen-bond acceptors (Lipinski definition) is 6. The van der Waals surface area contributed by atoms with Gasteiger partial charge in [0.2, 0.25) is 6.29 Å². The number of rotatable bonds is 3. The van der Waals surface area contributed by atoms with E-state index in [0.717, 1.165) is 10.8 Å². The van der Waals surface area contributed by atoms with Crippen LogP contribution < -0.4 is 4.74 Å². The predicted molar refractivity (Wildman–Crippen MR) is 78.3 cm³/mol. The van der Waals surface area contributed by atoms with Gasteiger partial charge in [-0.2, -0.15) is 0 Å². The molecule has 0 amide bonds. The number of hydrogen-bond donors (Lipinski definition) is 4. The summed E-state index contributed by atoms with van der Waals surface area (Å²) in [5.74, 6) is 0.461. The minimum absolute atomic E-state index is 0.461. The monoisotopic (exact) mass is 306 g/mol. The largest absolute Gasteiger partial charge is 0.462 e. The second-order valence-electron chi connectivity index (χ2n) is 5.32. The lowest BCUT2D eigenvalue weighted by molar-refractivity contribution is -0.277. The van der Waals surface area contributed by atoms with Gasteiger partial charge in [0.25, 0.3) is 0 Å². The van der Waals surface area contributed by atoms with Crippen LogP contribution in [0.4, 0.5) is 0 Å². The molecule has 6 heteroatoms. The number of benzene rings is 2. The van der Waals surface area contributed by atoms with E-state index in [1.165, 1.54) is 0 Å². The Morgan fingerprint density at radius 2 is 1.64 bits per heavy atom. The average molecular weight is 306 g/mol. The molecule has 0 spiro atoms. The van der Waals surface area contributed by atoms with Crippen LogP contribution in [0.5, 0.6) is 5.75 Å². The summed E-state index contributed by atoms with van der Waals surface area (Å²) in [6.45, 7) is -0.484. The smallest absolute Gasteiger partial charge is 0.229 e. The maximum Gasteiger partial charge on any atom is 0.229 e. The summed E-state index contributed by atoms with van der Waals surface area (Å²) in [4.78, 5) is 0. The molecule has 2 aromatic carbocycles. The van der Waals surface area contributed by atoms with E-state index in [1.54, 1.807) is 12.1 Å². The zero-order chi connectivity index (χ0) is 15.7. The molecule has 0 bridgehead atoms. The van der Waals surface area contributed by atoms with Crippen LogP contribution in [0.1, 0.15) is 0 Å². The van der Waals surface area contributed by atoms with Crippen molar-refractivity contribution in [3.05, 3.63) is 42.5 Å². The Balaban J connectivity index is 1.80. The van der Waals surface area contributed by atoms with Gasteiger partial charge in [-0.25, -0.2) is 0 Å². The highest BCUT2D eigenvalue weighted by molar-refractivity contribution is 5.83. The quantitative estimate of drug-likeness (QED) is 0.638. The van der Waals surface area contributed by atoms with Gasteiger partial charge >= 0.3 is 0 Å². The second-order valence-corrected chi connectivity index (χ2v) is 5.32. The summed E-state index contributed by atoms with van der Waals surface area (Å²) >= 11 is 0. The van der Waals surface area contributed by atoms with Crippen LogP contribution in [-0.4, -0.2) is 57.7 Å². The van der Waals surface area contributed by atoms with Gasteiger partial charge in [0, 0.05) is 0 Å². The van der Waals surface area contributed by atoms with Gasteiger partial charge in [-0.1, -0.05) is 30.3 Å². The summed E-state index contributed by atoms with van der Waals surface area (Å²) in [6, 6.07) is 13.1. The van der Waals surface area contributed by atoms with Crippen molar-refractivity contribution in [1.29, 1.82) is 0 Å². The highest BCUT2D eigenvalue weighted by Crippen LogP contribution is 2.26. The van der Waals surface area contributed by atoms with Crippen LogP contribution in [0.3, 0.4) is 0 Å². The van der Waals surface area contributed by atoms with Crippen LogP contribution in [0, 0.1) is 0 Å². The Hall–Kier alpha value is -1.70. The standard InChI is InChI=1S/C16H18O6/c17-8-12-13(18)14(19)15(20)16(22-12)21-11-6-5-9-3-1-2-4-10(9)7-11/h1-7,12-20H,8H2/t12-,13+,14-,15+,16-/m0/s1. The van der Waals surface area contributed by atoms with Crippen molar-refractivity contribution in [2.45, 2.75) is 30.7 Å². The van der Waals surface area contributed by atoms with Crippen LogP contribution >= 0.6 is 0 Å². The summed E-state index contributed by atoms with van der Waals surface area (Å²) in [5.41, 5.74) is 0. The first-order valence-corrected chi connectivity index (χ1v) is 7.06. The van der Waals surface area contributed by atoms with E-state index in [2.05, 4.69) is 0 Å². The molecule has 1 saturated heterocycles. The zero-order valence-corrected chi connectivity index (χ0v) is 11.7. The van der Waals surface area contributed by atoms with E-state index in [1.807, 2.05) is 30.3 Å². The van der Waals surface area contributed by atoms with Crippen molar-refractivity contribution < 1.29 is 29.9 Å². The van der Waals surface area contributed by atoms with Gasteiger partial charge in [0.1, 0.15) is 30.2 Å². The van der Waals surface area contributed by atoms with Gasteiger partial charge < -0.3 is 29.9 Å². The molecule has 118 valence electrons. The molecule has 1 aliphatic heterocycles. The summed E-state index contributed by atoms with van der Waals surface area (Å²) in [5, 5.41) is 40.6. The molecular weight excluding hydrogens is 288 g/mol. The highest BCUT2D eigenvalue weighted by atomic mass is 16.7. The lowest BCUT2D eigenvalue weighted by Gasteiger charge is -2.39. The van der Waals surface area contributed by atoms with E-state index in [9.17, 15) is 15.3 Å². The maximum atomic E-state index is 9.95. The van der Waals surface area contributed by atoms with E-state index < -0.39 is 37.3 Å². The third kappa shape index (κ3) is 2.79. The molecule has 0 aromatic heterocycles. The first kappa shape index (κ1) is 15.2. The molecule has 5 atom stereocenters. The van der Waals surface area contributed by atoms with Crippen molar-refractivity contribution in [1.82, 2.24) is 0 Å². The molecule has 0 radical (unpaired) electrons. The van der Waals surface area contributed by atoms with Crippen molar-refractivity contribution in [2.24, 2.45) is 0 Å². The van der Waals surface area contributed by atoms with Gasteiger partial charge in [-0.15, -0.1) is 0 Å². The van der Waals surface area contributed by atoms with Crippen LogP contribution in [0.2, 0.25) is 0 Å². The molecule has 0 aliphatic carbocycles. The molecule has 1 aliphatic rings. The molecule has 0 saturated carbocycles. The molecule has 1 heterocycles. The predicted octanol–water partition coefficient (Wildman–Crippen LogP) is 0.0185. The molecule has 2 aromatic rings. The number of aliphatic hydroxyl groups excluding tert-OH is 4. The van der Waals surface area contributed by atoms with Crippen molar-refractivity contribution in [3.63, 3.8) is 0 Å². The van der Waals surface area contributed by atoms with E-state index in [0.29, 0.717) is 5.75 Å². The summed E-state index contributed by atoms with van der Waals surface area (Å²) in [7, 11) is 0. The molecule has 1 fully saturated rings. The molecule has 3 rings (SSSR count). The minimum Gasteiger partial charge on any atom is -0.462 e. The van der Waals surface area contributed by atoms with Gasteiger partial charge in [0.05, 0.1) is 6.61 Å². The topological polar surface area (TPSA) is 99.4 Å². The number of aliphatic hydroxyl groups is 4. The Bertz CT molecular complexity index is 643. The first-order chi connectivity index (χ1) is 10.6. The number of ether oxygens (including phenoxy) is 2. The molecule has 22 heavy (non-hydrogen) atoms. The fourth-order valence-corrected chi connectivity index (χ4v) is 2.54. The van der Waals surface area contributed by atoms with Crippen molar-refractivity contribution >= 4 is 10.8 Å². The van der Waals surface area contributed by atoms with Gasteiger partial charge in [-0.05, 0) is 22.9 Å². The lowest BCUT2D eigenvalue weighted by Crippen LogP contribution is -2.60. The van der Waals surface area contributed by atoms with Crippen LogP contribution in [0.15, 0.2) is 42.5 Å².